The van der Waals surface area contributed by atoms with Crippen molar-refractivity contribution in [2.24, 2.45) is 5.92 Å². The lowest BCUT2D eigenvalue weighted by Gasteiger charge is -2.49. The van der Waals surface area contributed by atoms with Gasteiger partial charge in [-0.1, -0.05) is 61.0 Å². The van der Waals surface area contributed by atoms with E-state index >= 15 is 0 Å². The smallest absolute Gasteiger partial charge is 0.178 e. The summed E-state index contributed by atoms with van der Waals surface area (Å²) < 4.78 is 1.10. The van der Waals surface area contributed by atoms with Crippen molar-refractivity contribution in [1.29, 1.82) is 0 Å². The van der Waals surface area contributed by atoms with Gasteiger partial charge in [-0.25, -0.2) is 9.97 Å². The van der Waals surface area contributed by atoms with Gasteiger partial charge >= 0.3 is 0 Å². The molecule has 0 bridgehead atoms. The number of benzene rings is 2. The van der Waals surface area contributed by atoms with E-state index in [0.29, 0.717) is 5.92 Å². The molecule has 158 valence electrons. The van der Waals surface area contributed by atoms with Gasteiger partial charge in [0.25, 0.3) is 0 Å². The molecule has 0 radical (unpaired) electrons. The van der Waals surface area contributed by atoms with Gasteiger partial charge in [0.05, 0.1) is 11.4 Å². The summed E-state index contributed by atoms with van der Waals surface area (Å²) in [4.78, 5) is 15.4. The van der Waals surface area contributed by atoms with Crippen LogP contribution in [0.2, 0.25) is 0 Å². The van der Waals surface area contributed by atoms with Crippen molar-refractivity contribution in [2.45, 2.75) is 58.0 Å². The van der Waals surface area contributed by atoms with E-state index in [0.717, 1.165) is 29.0 Å². The van der Waals surface area contributed by atoms with Crippen molar-refractivity contribution in [3.8, 4) is 0 Å². The first-order chi connectivity index (χ1) is 15.0. The minimum Gasteiger partial charge on any atom is -0.302 e. The molecule has 3 aromatic rings. The summed E-state index contributed by atoms with van der Waals surface area (Å²) in [5.41, 5.74) is 6.20. The second kappa shape index (κ2) is 6.80. The normalized spacial score (nSPS) is 23.1. The van der Waals surface area contributed by atoms with Crippen LogP contribution in [0.3, 0.4) is 0 Å². The molecular weight excluding hydrogens is 448 g/mol. The van der Waals surface area contributed by atoms with E-state index in [9.17, 15) is 0 Å². The highest BCUT2D eigenvalue weighted by molar-refractivity contribution is 9.10. The molecule has 3 aliphatic rings. The van der Waals surface area contributed by atoms with Crippen molar-refractivity contribution in [3.63, 3.8) is 0 Å². The van der Waals surface area contributed by atoms with Gasteiger partial charge in [-0.2, -0.15) is 0 Å². The minimum absolute atomic E-state index is 0.0197. The maximum atomic E-state index is 5.27. The molecule has 1 aliphatic carbocycles. The standard InChI is InChI=1S/C26H27BrN4/c1-16-25-30(18-9-5-4-6-10-18)23-24(29-21-12-8-7-11-20(21)28-23)31(25)22-15-17(27)13-14-19(22)26(16,2)3/h4-6,9-10,13-16,25H,7-8,11-12H2,1-3H3. The van der Waals surface area contributed by atoms with Crippen LogP contribution in [-0.4, -0.2) is 16.1 Å². The van der Waals surface area contributed by atoms with E-state index < -0.39 is 0 Å². The fourth-order valence-electron chi connectivity index (χ4n) is 5.59. The number of rotatable bonds is 1. The Labute approximate surface area is 192 Å². The maximum Gasteiger partial charge on any atom is 0.178 e. The first-order valence-electron chi connectivity index (χ1n) is 11.3. The fourth-order valence-corrected chi connectivity index (χ4v) is 5.94. The number of hydrogen-bond acceptors (Lipinski definition) is 4. The van der Waals surface area contributed by atoms with Crippen LogP contribution in [0.4, 0.5) is 23.0 Å². The molecule has 2 aliphatic heterocycles. The largest absolute Gasteiger partial charge is 0.302 e. The molecule has 0 fully saturated rings. The van der Waals surface area contributed by atoms with Crippen LogP contribution in [0.25, 0.3) is 0 Å². The van der Waals surface area contributed by atoms with Crippen molar-refractivity contribution in [2.75, 3.05) is 9.80 Å². The van der Waals surface area contributed by atoms with Crippen LogP contribution in [0, 0.1) is 5.92 Å². The lowest BCUT2D eigenvalue weighted by molar-refractivity contribution is 0.279. The highest BCUT2D eigenvalue weighted by Crippen LogP contribution is 2.57. The Hall–Kier alpha value is -2.40. The SMILES string of the molecule is CC1C2N(c3ccccc3)c3nc4c(nc3N2c2cc(Br)ccc2C1(C)C)CCCC4. The number of halogens is 1. The lowest BCUT2D eigenvalue weighted by Crippen LogP contribution is -2.53. The Morgan fingerprint density at radius 1 is 0.903 bits per heavy atom. The molecule has 2 aromatic carbocycles. The summed E-state index contributed by atoms with van der Waals surface area (Å²) in [5.74, 6) is 2.39. The summed E-state index contributed by atoms with van der Waals surface area (Å²) in [6.45, 7) is 7.13. The molecule has 2 unspecified atom stereocenters. The van der Waals surface area contributed by atoms with Gasteiger partial charge in [0.15, 0.2) is 11.6 Å². The Morgan fingerprint density at radius 2 is 1.55 bits per heavy atom. The molecule has 1 aromatic heterocycles. The van der Waals surface area contributed by atoms with Crippen molar-refractivity contribution in [1.82, 2.24) is 9.97 Å². The molecule has 2 atom stereocenters. The number of hydrogen-bond donors (Lipinski definition) is 0. The molecule has 31 heavy (non-hydrogen) atoms. The highest BCUT2D eigenvalue weighted by atomic mass is 79.9. The predicted octanol–water partition coefficient (Wildman–Crippen LogP) is 6.66. The monoisotopic (exact) mass is 474 g/mol. The zero-order valence-electron chi connectivity index (χ0n) is 18.3. The number of fused-ring (bicyclic) bond motifs is 6. The van der Waals surface area contributed by atoms with Crippen LogP contribution >= 0.6 is 15.9 Å². The number of aromatic nitrogens is 2. The molecule has 5 heteroatoms. The predicted molar refractivity (Wildman–Crippen MR) is 130 cm³/mol. The number of nitrogens with zero attached hydrogens (tertiary/aromatic N) is 4. The molecule has 0 saturated carbocycles. The highest BCUT2D eigenvalue weighted by Gasteiger charge is 2.52. The molecule has 0 N–H and O–H groups in total. The van der Waals surface area contributed by atoms with Crippen LogP contribution in [0.1, 0.15) is 50.6 Å². The van der Waals surface area contributed by atoms with E-state index in [2.05, 4.69) is 95.0 Å². The van der Waals surface area contributed by atoms with E-state index in [1.54, 1.807) is 0 Å². The first kappa shape index (κ1) is 19.3. The fraction of sp³-hybridized carbons (Fsp3) is 0.385. The van der Waals surface area contributed by atoms with Crippen molar-refractivity contribution in [3.05, 3.63) is 70.0 Å². The second-order valence-corrected chi connectivity index (χ2v) is 10.5. The minimum atomic E-state index is 0.0197. The molecular formula is C26H27BrN4. The quantitative estimate of drug-likeness (QED) is 0.394. The van der Waals surface area contributed by atoms with E-state index in [1.165, 1.54) is 41.2 Å². The van der Waals surface area contributed by atoms with Crippen LogP contribution in [0.5, 0.6) is 0 Å². The van der Waals surface area contributed by atoms with Gasteiger partial charge in [0.2, 0.25) is 0 Å². The van der Waals surface area contributed by atoms with Gasteiger partial charge in [0, 0.05) is 21.8 Å². The van der Waals surface area contributed by atoms with Crippen LogP contribution in [-0.2, 0) is 18.3 Å². The molecule has 0 spiro atoms. The topological polar surface area (TPSA) is 32.3 Å². The van der Waals surface area contributed by atoms with Gasteiger partial charge in [0.1, 0.15) is 6.17 Å². The van der Waals surface area contributed by atoms with Gasteiger partial charge in [-0.05, 0) is 60.9 Å². The second-order valence-electron chi connectivity index (χ2n) is 9.63. The Kier molecular flexibility index (Phi) is 4.23. The average Bonchev–Trinajstić information content (AvgIpc) is 3.10. The zero-order valence-corrected chi connectivity index (χ0v) is 19.9. The summed E-state index contributed by atoms with van der Waals surface area (Å²) in [6, 6.07) is 17.4. The van der Waals surface area contributed by atoms with Gasteiger partial charge < -0.3 is 9.80 Å². The average molecular weight is 475 g/mol. The van der Waals surface area contributed by atoms with E-state index in [-0.39, 0.29) is 11.6 Å². The number of aryl methyl sites for hydroxylation is 2. The third kappa shape index (κ3) is 2.72. The third-order valence-corrected chi connectivity index (χ3v) is 8.10. The molecule has 0 saturated heterocycles. The van der Waals surface area contributed by atoms with Gasteiger partial charge in [-0.3, -0.25) is 0 Å². The number of anilines is 4. The van der Waals surface area contributed by atoms with Crippen LogP contribution in [0.15, 0.2) is 53.0 Å². The van der Waals surface area contributed by atoms with E-state index in [1.807, 2.05) is 0 Å². The number of para-hydroxylation sites is 1. The van der Waals surface area contributed by atoms with Crippen molar-refractivity contribution < 1.29 is 0 Å². The summed E-state index contributed by atoms with van der Waals surface area (Å²) in [6.07, 6.45) is 4.62. The Balaban J connectivity index is 1.65. The zero-order chi connectivity index (χ0) is 21.3. The first-order valence-corrected chi connectivity index (χ1v) is 12.1. The van der Waals surface area contributed by atoms with Crippen molar-refractivity contribution >= 4 is 38.9 Å². The molecule has 6 rings (SSSR count). The summed E-state index contributed by atoms with van der Waals surface area (Å²) in [5, 5.41) is 0. The van der Waals surface area contributed by atoms with Gasteiger partial charge in [-0.15, -0.1) is 0 Å². The summed E-state index contributed by atoms with van der Waals surface area (Å²) in [7, 11) is 0. The third-order valence-electron chi connectivity index (χ3n) is 7.61. The molecule has 4 nitrogen and oxygen atoms in total. The van der Waals surface area contributed by atoms with Crippen LogP contribution < -0.4 is 9.80 Å². The Bertz CT molecular complexity index is 1170. The summed E-state index contributed by atoms with van der Waals surface area (Å²) >= 11 is 3.72. The Morgan fingerprint density at radius 3 is 2.23 bits per heavy atom. The van der Waals surface area contributed by atoms with E-state index in [4.69, 9.17) is 9.97 Å². The maximum absolute atomic E-state index is 5.27. The molecule has 3 heterocycles. The molecule has 0 amide bonds. The lowest BCUT2D eigenvalue weighted by atomic mass is 9.69.